The molecule has 4 rings (SSSR count). The molecule has 1 aromatic rings. The number of aryl methyl sites for hydroxylation is 1. The van der Waals surface area contributed by atoms with Crippen LogP contribution < -0.4 is 0 Å². The van der Waals surface area contributed by atoms with Gasteiger partial charge in [-0.2, -0.15) is 0 Å². The van der Waals surface area contributed by atoms with Crippen LogP contribution >= 0.6 is 0 Å². The van der Waals surface area contributed by atoms with Gasteiger partial charge in [-0.3, -0.25) is 4.79 Å². The molecular formula is C22H31NO. The maximum atomic E-state index is 11.1. The number of fused-ring (bicyclic) bond motifs is 2. The zero-order valence-electron chi connectivity index (χ0n) is 15.1. The van der Waals surface area contributed by atoms with Crippen LogP contribution in [-0.4, -0.2) is 30.3 Å². The molecule has 2 fully saturated rings. The number of ketones is 1. The molecule has 0 N–H and O–H groups in total. The Labute approximate surface area is 146 Å². The van der Waals surface area contributed by atoms with Gasteiger partial charge in [0.1, 0.15) is 5.78 Å². The van der Waals surface area contributed by atoms with Gasteiger partial charge < -0.3 is 4.90 Å². The van der Waals surface area contributed by atoms with Gasteiger partial charge in [-0.05, 0) is 86.9 Å². The van der Waals surface area contributed by atoms with Crippen molar-refractivity contribution in [3.63, 3.8) is 0 Å². The molecule has 3 aliphatic rings. The van der Waals surface area contributed by atoms with Crippen molar-refractivity contribution in [3.8, 4) is 0 Å². The molecule has 2 aliphatic carbocycles. The fraction of sp³-hybridized carbons (Fsp3) is 0.682. The van der Waals surface area contributed by atoms with E-state index in [-0.39, 0.29) is 0 Å². The molecule has 2 unspecified atom stereocenters. The van der Waals surface area contributed by atoms with Crippen molar-refractivity contribution < 1.29 is 4.79 Å². The van der Waals surface area contributed by atoms with E-state index in [9.17, 15) is 4.79 Å². The summed E-state index contributed by atoms with van der Waals surface area (Å²) in [5.74, 6) is 2.21. The maximum Gasteiger partial charge on any atom is 0.131 e. The van der Waals surface area contributed by atoms with Crippen LogP contribution in [0.25, 0.3) is 0 Å². The second-order valence-corrected chi connectivity index (χ2v) is 8.53. The minimum absolute atomic E-state index is 0.327. The highest BCUT2D eigenvalue weighted by Crippen LogP contribution is 2.63. The smallest absolute Gasteiger partial charge is 0.131 e. The highest BCUT2D eigenvalue weighted by molar-refractivity contribution is 5.75. The maximum absolute atomic E-state index is 11.1. The molecule has 0 radical (unpaired) electrons. The van der Waals surface area contributed by atoms with Gasteiger partial charge in [-0.1, -0.05) is 30.7 Å². The Balaban J connectivity index is 1.22. The summed E-state index contributed by atoms with van der Waals surface area (Å²) in [4.78, 5) is 13.6. The van der Waals surface area contributed by atoms with E-state index >= 15 is 0 Å². The van der Waals surface area contributed by atoms with Gasteiger partial charge >= 0.3 is 0 Å². The summed E-state index contributed by atoms with van der Waals surface area (Å²) in [6.45, 7) is 5.09. The van der Waals surface area contributed by atoms with Crippen molar-refractivity contribution in [2.75, 3.05) is 19.6 Å². The number of carbonyl (C=O) groups excluding carboxylic acids is 1. The predicted molar refractivity (Wildman–Crippen MR) is 98.2 cm³/mol. The van der Waals surface area contributed by atoms with Crippen LogP contribution in [0.5, 0.6) is 0 Å². The number of hydrogen-bond acceptors (Lipinski definition) is 2. The monoisotopic (exact) mass is 325 g/mol. The number of rotatable bonds is 6. The first-order chi connectivity index (χ1) is 11.7. The van der Waals surface area contributed by atoms with Crippen LogP contribution in [0.15, 0.2) is 24.3 Å². The lowest BCUT2D eigenvalue weighted by atomic mass is 9.88. The Hall–Kier alpha value is -1.15. The van der Waals surface area contributed by atoms with Gasteiger partial charge in [0, 0.05) is 13.0 Å². The van der Waals surface area contributed by atoms with E-state index in [1.807, 2.05) is 0 Å². The van der Waals surface area contributed by atoms with E-state index in [1.54, 1.807) is 18.1 Å². The second kappa shape index (κ2) is 6.63. The molecule has 2 atom stereocenters. The van der Waals surface area contributed by atoms with E-state index in [1.165, 1.54) is 58.0 Å². The first-order valence-electron chi connectivity index (χ1n) is 9.97. The average Bonchev–Trinajstić information content (AvgIpc) is 3.19. The third kappa shape index (κ3) is 3.18. The van der Waals surface area contributed by atoms with E-state index < -0.39 is 0 Å². The van der Waals surface area contributed by atoms with Gasteiger partial charge in [0.2, 0.25) is 0 Å². The third-order valence-corrected chi connectivity index (χ3v) is 7.04. The summed E-state index contributed by atoms with van der Waals surface area (Å²) >= 11 is 0. The molecule has 1 heterocycles. The zero-order chi connectivity index (χ0) is 16.6. The van der Waals surface area contributed by atoms with Crippen molar-refractivity contribution >= 4 is 5.78 Å². The number of hydrogen-bond donors (Lipinski definition) is 0. The molecule has 1 aliphatic heterocycles. The Morgan fingerprint density at radius 1 is 1.21 bits per heavy atom. The van der Waals surface area contributed by atoms with E-state index in [0.29, 0.717) is 11.2 Å². The lowest BCUT2D eigenvalue weighted by Gasteiger charge is -2.31. The second-order valence-electron chi connectivity index (χ2n) is 8.53. The van der Waals surface area contributed by atoms with Crippen LogP contribution in [0.2, 0.25) is 0 Å². The molecule has 0 bridgehead atoms. The molecular weight excluding hydrogens is 294 g/mol. The van der Waals surface area contributed by atoms with Crippen LogP contribution in [0.1, 0.15) is 63.0 Å². The third-order valence-electron chi connectivity index (χ3n) is 7.04. The summed E-state index contributed by atoms with van der Waals surface area (Å²) in [6.07, 6.45) is 10.4. The average molecular weight is 325 g/mol. The van der Waals surface area contributed by atoms with Crippen molar-refractivity contribution in [1.82, 2.24) is 4.90 Å². The van der Waals surface area contributed by atoms with Crippen LogP contribution in [0.3, 0.4) is 0 Å². The number of benzene rings is 1. The fourth-order valence-corrected chi connectivity index (χ4v) is 5.36. The summed E-state index contributed by atoms with van der Waals surface area (Å²) in [5, 5.41) is 0. The fourth-order valence-electron chi connectivity index (χ4n) is 5.36. The Morgan fingerprint density at radius 3 is 2.79 bits per heavy atom. The van der Waals surface area contributed by atoms with Gasteiger partial charge in [0.15, 0.2) is 0 Å². The van der Waals surface area contributed by atoms with Crippen LogP contribution in [-0.2, 0) is 16.6 Å². The minimum Gasteiger partial charge on any atom is -0.303 e. The highest BCUT2D eigenvalue weighted by atomic mass is 16.1. The van der Waals surface area contributed by atoms with Gasteiger partial charge in [-0.25, -0.2) is 0 Å². The SMILES string of the molecule is CC(=O)CCN1CCC(CCC2CC23CCc2ccccc23)CC1. The largest absolute Gasteiger partial charge is 0.303 e. The molecule has 1 saturated carbocycles. The van der Waals surface area contributed by atoms with Crippen molar-refractivity contribution in [2.24, 2.45) is 11.8 Å². The molecule has 24 heavy (non-hydrogen) atoms. The first kappa shape index (κ1) is 16.3. The standard InChI is InChI=1S/C22H31NO/c1-17(24)9-13-23-14-10-18(11-15-23)6-7-20-16-22(20)12-8-19-4-2-3-5-21(19)22/h2-5,18,20H,6-16H2,1H3. The molecule has 1 spiro atoms. The Bertz CT molecular complexity index is 602. The lowest BCUT2D eigenvalue weighted by molar-refractivity contribution is -0.117. The van der Waals surface area contributed by atoms with Crippen molar-refractivity contribution in [1.29, 1.82) is 0 Å². The molecule has 1 aromatic carbocycles. The van der Waals surface area contributed by atoms with Crippen LogP contribution in [0.4, 0.5) is 0 Å². The Kier molecular flexibility index (Phi) is 4.51. The number of nitrogens with zero attached hydrogens (tertiary/aromatic N) is 1. The minimum atomic E-state index is 0.327. The summed E-state index contributed by atoms with van der Waals surface area (Å²) in [7, 11) is 0. The molecule has 1 saturated heterocycles. The van der Waals surface area contributed by atoms with E-state index in [0.717, 1.165) is 24.8 Å². The number of carbonyl (C=O) groups is 1. The van der Waals surface area contributed by atoms with Gasteiger partial charge in [0.25, 0.3) is 0 Å². The van der Waals surface area contributed by atoms with E-state index in [2.05, 4.69) is 29.2 Å². The predicted octanol–water partition coefficient (Wildman–Crippen LogP) is 4.36. The summed E-state index contributed by atoms with van der Waals surface area (Å²) < 4.78 is 0. The number of likely N-dealkylation sites (tertiary alicyclic amines) is 1. The molecule has 2 heteroatoms. The zero-order valence-corrected chi connectivity index (χ0v) is 15.1. The highest BCUT2D eigenvalue weighted by Gasteiger charge is 2.57. The molecule has 2 nitrogen and oxygen atoms in total. The molecule has 0 aromatic heterocycles. The van der Waals surface area contributed by atoms with Gasteiger partial charge in [-0.15, -0.1) is 0 Å². The first-order valence-corrected chi connectivity index (χ1v) is 9.97. The topological polar surface area (TPSA) is 20.3 Å². The quantitative estimate of drug-likeness (QED) is 0.774. The van der Waals surface area contributed by atoms with E-state index in [4.69, 9.17) is 0 Å². The number of Topliss-reactive ketones (excluding diaryl/α,β-unsaturated/α-hetero) is 1. The van der Waals surface area contributed by atoms with Gasteiger partial charge in [0.05, 0.1) is 0 Å². The number of piperidine rings is 1. The lowest BCUT2D eigenvalue weighted by Crippen LogP contribution is -2.35. The van der Waals surface area contributed by atoms with Crippen molar-refractivity contribution in [2.45, 2.75) is 63.7 Å². The molecule has 130 valence electrons. The van der Waals surface area contributed by atoms with Crippen molar-refractivity contribution in [3.05, 3.63) is 35.4 Å². The summed E-state index contributed by atoms with van der Waals surface area (Å²) in [5.41, 5.74) is 3.89. The molecule has 0 amide bonds. The Morgan fingerprint density at radius 2 is 2.00 bits per heavy atom. The summed E-state index contributed by atoms with van der Waals surface area (Å²) in [6, 6.07) is 9.18. The van der Waals surface area contributed by atoms with Crippen LogP contribution in [0, 0.1) is 11.8 Å². The normalized spacial score (nSPS) is 29.8.